The Morgan fingerprint density at radius 2 is 1.69 bits per heavy atom. The van der Waals surface area contributed by atoms with Gasteiger partial charge in [-0.1, -0.05) is 44.4 Å². The number of nitrogens with one attached hydrogen (secondary N) is 2. The minimum Gasteiger partial charge on any atom is -0.507 e. The molecule has 3 amide bonds. The van der Waals surface area contributed by atoms with Crippen molar-refractivity contribution in [1.82, 2.24) is 10.2 Å². The number of hydrogen-bond donors (Lipinski definition) is 3. The van der Waals surface area contributed by atoms with Crippen LogP contribution in [0, 0.1) is 6.92 Å². The fourth-order valence-corrected chi connectivity index (χ4v) is 4.11. The van der Waals surface area contributed by atoms with Gasteiger partial charge in [0.05, 0.1) is 7.11 Å². The van der Waals surface area contributed by atoms with Crippen LogP contribution in [0.3, 0.4) is 0 Å². The zero-order valence-corrected chi connectivity index (χ0v) is 24.2. The average molecular weight is 542 g/mol. The van der Waals surface area contributed by atoms with E-state index in [0.29, 0.717) is 29.0 Å². The summed E-state index contributed by atoms with van der Waals surface area (Å²) in [6, 6.07) is 9.81. The van der Waals surface area contributed by atoms with Gasteiger partial charge in [-0.2, -0.15) is 0 Å². The molecule has 0 aliphatic heterocycles. The molecule has 0 radical (unpaired) electrons. The molecule has 3 N–H and O–H groups in total. The number of carbonyl (C=O) groups is 3. The molecule has 2 aromatic rings. The molecule has 0 bridgehead atoms. The Labute approximate surface area is 231 Å². The Morgan fingerprint density at radius 3 is 2.28 bits per heavy atom. The highest BCUT2D eigenvalue weighted by Gasteiger charge is 2.36. The average Bonchev–Trinajstić information content (AvgIpc) is 2.86. The number of rotatable bonds is 12. The predicted molar refractivity (Wildman–Crippen MR) is 152 cm³/mol. The maximum Gasteiger partial charge on any atom is 0.408 e. The van der Waals surface area contributed by atoms with Crippen molar-refractivity contribution in [1.29, 1.82) is 0 Å². The van der Waals surface area contributed by atoms with E-state index < -0.39 is 35.6 Å². The van der Waals surface area contributed by atoms with Crippen LogP contribution >= 0.6 is 0 Å². The summed E-state index contributed by atoms with van der Waals surface area (Å²) in [5.74, 6) is -0.385. The van der Waals surface area contributed by atoms with E-state index in [0.717, 1.165) is 19.3 Å². The zero-order chi connectivity index (χ0) is 29.2. The number of aryl methyl sites for hydroxylation is 1. The third kappa shape index (κ3) is 9.50. The second kappa shape index (κ2) is 14.4. The molecular weight excluding hydrogens is 498 g/mol. The van der Waals surface area contributed by atoms with Gasteiger partial charge in [-0.05, 0) is 70.9 Å². The van der Waals surface area contributed by atoms with Crippen LogP contribution in [0.5, 0.6) is 11.5 Å². The maximum absolute atomic E-state index is 13.8. The highest BCUT2D eigenvalue weighted by molar-refractivity contribution is 5.99. The van der Waals surface area contributed by atoms with Crippen molar-refractivity contribution in [3.63, 3.8) is 0 Å². The number of nitrogens with zero attached hydrogens (tertiary/aromatic N) is 1. The number of alkyl carbamates (subject to hydrolysis) is 1. The number of hydrogen-bond acceptors (Lipinski definition) is 6. The van der Waals surface area contributed by atoms with Gasteiger partial charge in [-0.25, -0.2) is 4.79 Å². The van der Waals surface area contributed by atoms with Crippen LogP contribution in [0.25, 0.3) is 0 Å². The standard InChI is InChI=1S/C30H43N3O6/c1-8-9-10-11-19-33(28(36)21(3)31-29(37)39-30(4,5)6)25(24-14-12-13-20(2)26(24)34)27(35)32-22-15-17-23(38-7)18-16-22/h12-18,21,25,34H,8-11,19H2,1-7H3,(H,31,37)(H,32,35). The molecular formula is C30H43N3O6. The lowest BCUT2D eigenvalue weighted by atomic mass is 9.98. The van der Waals surface area contributed by atoms with Crippen molar-refractivity contribution in [2.75, 3.05) is 19.0 Å². The summed E-state index contributed by atoms with van der Waals surface area (Å²) < 4.78 is 10.5. The molecule has 2 aromatic carbocycles. The van der Waals surface area contributed by atoms with Crippen LogP contribution in [0.15, 0.2) is 42.5 Å². The fourth-order valence-electron chi connectivity index (χ4n) is 4.11. The quantitative estimate of drug-likeness (QED) is 0.296. The lowest BCUT2D eigenvalue weighted by molar-refractivity contribution is -0.140. The Morgan fingerprint density at radius 1 is 1.03 bits per heavy atom. The smallest absolute Gasteiger partial charge is 0.408 e. The summed E-state index contributed by atoms with van der Waals surface area (Å²) in [7, 11) is 1.55. The van der Waals surface area contributed by atoms with E-state index in [-0.39, 0.29) is 12.3 Å². The predicted octanol–water partition coefficient (Wildman–Crippen LogP) is 5.71. The Hall–Kier alpha value is -3.75. The molecule has 0 aromatic heterocycles. The van der Waals surface area contributed by atoms with Gasteiger partial charge < -0.3 is 30.1 Å². The SMILES string of the molecule is CCCCCCN(C(=O)C(C)NC(=O)OC(C)(C)C)C(C(=O)Nc1ccc(OC)cc1)c1cccc(C)c1O. The molecule has 9 heteroatoms. The lowest BCUT2D eigenvalue weighted by Gasteiger charge is -2.34. The number of phenols is 1. The van der Waals surface area contributed by atoms with Crippen molar-refractivity contribution in [2.24, 2.45) is 0 Å². The van der Waals surface area contributed by atoms with Crippen molar-refractivity contribution in [3.05, 3.63) is 53.6 Å². The second-order valence-corrected chi connectivity index (χ2v) is 10.6. The summed E-state index contributed by atoms with van der Waals surface area (Å²) in [6.45, 7) is 10.8. The summed E-state index contributed by atoms with van der Waals surface area (Å²) in [6.07, 6.45) is 2.77. The van der Waals surface area contributed by atoms with Crippen LogP contribution in [-0.4, -0.2) is 53.2 Å². The van der Waals surface area contributed by atoms with Crippen molar-refractivity contribution < 1.29 is 29.0 Å². The van der Waals surface area contributed by atoms with Crippen LogP contribution in [0.2, 0.25) is 0 Å². The van der Waals surface area contributed by atoms with E-state index in [4.69, 9.17) is 9.47 Å². The van der Waals surface area contributed by atoms with Gasteiger partial charge in [0, 0.05) is 17.8 Å². The Bertz CT molecular complexity index is 1110. The van der Waals surface area contributed by atoms with Gasteiger partial charge in [0.1, 0.15) is 29.2 Å². The molecule has 9 nitrogen and oxygen atoms in total. The number of carbonyl (C=O) groups excluding carboxylic acids is 3. The van der Waals surface area contributed by atoms with Crippen LogP contribution in [0.1, 0.15) is 77.5 Å². The minimum absolute atomic E-state index is 0.0634. The number of amides is 3. The number of methoxy groups -OCH3 is 1. The highest BCUT2D eigenvalue weighted by atomic mass is 16.6. The third-order valence-corrected chi connectivity index (χ3v) is 6.12. The first-order chi connectivity index (χ1) is 18.4. The van der Waals surface area contributed by atoms with Gasteiger partial charge >= 0.3 is 6.09 Å². The first-order valence-corrected chi connectivity index (χ1v) is 13.4. The van der Waals surface area contributed by atoms with Crippen LogP contribution in [-0.2, 0) is 14.3 Å². The number of ether oxygens (including phenoxy) is 2. The molecule has 2 unspecified atom stereocenters. The first-order valence-electron chi connectivity index (χ1n) is 13.4. The first kappa shape index (κ1) is 31.5. The maximum atomic E-state index is 13.8. The number of benzene rings is 2. The lowest BCUT2D eigenvalue weighted by Crippen LogP contribution is -2.51. The number of para-hydroxylation sites is 1. The van der Waals surface area contributed by atoms with Gasteiger partial charge in [-0.3, -0.25) is 9.59 Å². The normalized spacial score (nSPS) is 12.7. The van der Waals surface area contributed by atoms with E-state index in [1.807, 2.05) is 0 Å². The molecule has 0 aliphatic rings. The molecule has 0 spiro atoms. The van der Waals surface area contributed by atoms with Crippen LogP contribution < -0.4 is 15.4 Å². The summed E-state index contributed by atoms with van der Waals surface area (Å²) in [5.41, 5.74) is 0.652. The summed E-state index contributed by atoms with van der Waals surface area (Å²) >= 11 is 0. The van der Waals surface area contributed by atoms with E-state index in [2.05, 4.69) is 17.6 Å². The molecule has 0 saturated carbocycles. The van der Waals surface area contributed by atoms with Crippen LogP contribution in [0.4, 0.5) is 10.5 Å². The molecule has 0 heterocycles. The fraction of sp³-hybridized carbons (Fsp3) is 0.500. The second-order valence-electron chi connectivity index (χ2n) is 10.6. The van der Waals surface area contributed by atoms with Gasteiger partial charge in [0.25, 0.3) is 5.91 Å². The van der Waals surface area contributed by atoms with Crippen molar-refractivity contribution in [3.8, 4) is 11.5 Å². The molecule has 0 fully saturated rings. The van der Waals surface area contributed by atoms with E-state index in [1.54, 1.807) is 84.2 Å². The molecule has 214 valence electrons. The monoisotopic (exact) mass is 541 g/mol. The highest BCUT2D eigenvalue weighted by Crippen LogP contribution is 2.33. The molecule has 2 rings (SSSR count). The van der Waals surface area contributed by atoms with E-state index in [1.165, 1.54) is 4.90 Å². The van der Waals surface area contributed by atoms with Gasteiger partial charge in [0.2, 0.25) is 5.91 Å². The van der Waals surface area contributed by atoms with Crippen molar-refractivity contribution >= 4 is 23.6 Å². The molecule has 2 atom stereocenters. The minimum atomic E-state index is -1.15. The van der Waals surface area contributed by atoms with Crippen molar-refractivity contribution in [2.45, 2.75) is 84.9 Å². The zero-order valence-electron chi connectivity index (χ0n) is 24.2. The Balaban J connectivity index is 2.47. The van der Waals surface area contributed by atoms with E-state index in [9.17, 15) is 19.5 Å². The molecule has 39 heavy (non-hydrogen) atoms. The summed E-state index contributed by atoms with van der Waals surface area (Å²) in [4.78, 5) is 41.5. The summed E-state index contributed by atoms with van der Waals surface area (Å²) in [5, 5.41) is 16.4. The topological polar surface area (TPSA) is 117 Å². The van der Waals surface area contributed by atoms with E-state index >= 15 is 0 Å². The number of phenolic OH excluding ortho intramolecular Hbond substituents is 1. The molecule has 0 saturated heterocycles. The molecule has 0 aliphatic carbocycles. The van der Waals surface area contributed by atoms with Gasteiger partial charge in [-0.15, -0.1) is 0 Å². The number of anilines is 1. The third-order valence-electron chi connectivity index (χ3n) is 6.12. The Kier molecular flexibility index (Phi) is 11.6. The number of unbranched alkanes of at least 4 members (excludes halogenated alkanes) is 3. The largest absolute Gasteiger partial charge is 0.507 e. The van der Waals surface area contributed by atoms with Gasteiger partial charge in [0.15, 0.2) is 0 Å². The number of aromatic hydroxyl groups is 1.